The van der Waals surface area contributed by atoms with Gasteiger partial charge in [0.05, 0.1) is 15.7 Å². The number of anilines is 1. The van der Waals surface area contributed by atoms with Gasteiger partial charge in [0.2, 0.25) is 0 Å². The number of nitrogens with one attached hydrogen (secondary N) is 1. The molecule has 0 atom stereocenters. The Morgan fingerprint density at radius 1 is 1.33 bits per heavy atom. The summed E-state index contributed by atoms with van der Waals surface area (Å²) in [7, 11) is 0. The quantitative estimate of drug-likeness (QED) is 0.613. The van der Waals surface area contributed by atoms with Crippen LogP contribution in [0.25, 0.3) is 0 Å². The second kappa shape index (κ2) is 8.90. The van der Waals surface area contributed by atoms with Crippen molar-refractivity contribution in [3.63, 3.8) is 0 Å². The first-order chi connectivity index (χ1) is 11.5. The molecule has 0 aliphatic carbocycles. The van der Waals surface area contributed by atoms with E-state index in [0.717, 1.165) is 32.7 Å². The highest BCUT2D eigenvalue weighted by atomic mass is 35.5. The molecule has 0 saturated carbocycles. The number of carbonyl (C=O) groups excluding carboxylic acids is 1. The lowest BCUT2D eigenvalue weighted by Gasteiger charge is -2.33. The Morgan fingerprint density at radius 3 is 2.67 bits per heavy atom. The minimum Gasteiger partial charge on any atom is -0.374 e. The van der Waals surface area contributed by atoms with E-state index in [2.05, 4.69) is 10.2 Å². The molecule has 24 heavy (non-hydrogen) atoms. The minimum atomic E-state index is -0.508. The SMILES string of the molecule is N#C/C(=C/N1CCN(CCN)CC1)C(=O)Nc1cccc(Cl)c1Cl. The Morgan fingerprint density at radius 2 is 2.04 bits per heavy atom. The zero-order valence-corrected chi connectivity index (χ0v) is 14.6. The van der Waals surface area contributed by atoms with Crippen LogP contribution in [0.3, 0.4) is 0 Å². The number of nitrogens with two attached hydrogens (primary N) is 1. The van der Waals surface area contributed by atoms with Crippen molar-refractivity contribution < 1.29 is 4.79 Å². The third kappa shape index (κ3) is 4.86. The van der Waals surface area contributed by atoms with Crippen molar-refractivity contribution in [3.8, 4) is 6.07 Å². The molecule has 128 valence electrons. The summed E-state index contributed by atoms with van der Waals surface area (Å²) in [5, 5.41) is 12.5. The normalized spacial score (nSPS) is 15.9. The van der Waals surface area contributed by atoms with Gasteiger partial charge in [0.15, 0.2) is 0 Å². The summed E-state index contributed by atoms with van der Waals surface area (Å²) in [5.74, 6) is -0.508. The van der Waals surface area contributed by atoms with E-state index in [-0.39, 0.29) is 10.6 Å². The van der Waals surface area contributed by atoms with Crippen LogP contribution in [0.15, 0.2) is 30.0 Å². The van der Waals surface area contributed by atoms with Gasteiger partial charge in [-0.3, -0.25) is 9.69 Å². The first-order valence-electron chi connectivity index (χ1n) is 7.59. The summed E-state index contributed by atoms with van der Waals surface area (Å²) in [6.45, 7) is 4.69. The number of hydrogen-bond donors (Lipinski definition) is 2. The summed E-state index contributed by atoms with van der Waals surface area (Å²) >= 11 is 12.0. The lowest BCUT2D eigenvalue weighted by molar-refractivity contribution is -0.112. The minimum absolute atomic E-state index is 0.0262. The van der Waals surface area contributed by atoms with Crippen LogP contribution in [0.2, 0.25) is 10.0 Å². The van der Waals surface area contributed by atoms with Crippen LogP contribution >= 0.6 is 23.2 Å². The van der Waals surface area contributed by atoms with Crippen LogP contribution < -0.4 is 11.1 Å². The highest BCUT2D eigenvalue weighted by Gasteiger charge is 2.17. The standard InChI is InChI=1S/C16H19Cl2N5O/c17-13-2-1-3-14(15(13)18)21-16(24)12(10-20)11-23-8-6-22(5-4-19)7-9-23/h1-3,11H,4-9,19H2,(H,21,24)/b12-11-. The summed E-state index contributed by atoms with van der Waals surface area (Å²) < 4.78 is 0. The van der Waals surface area contributed by atoms with Gasteiger partial charge in [-0.25, -0.2) is 0 Å². The van der Waals surface area contributed by atoms with Gasteiger partial charge in [0.1, 0.15) is 11.6 Å². The topological polar surface area (TPSA) is 85.4 Å². The molecule has 6 nitrogen and oxygen atoms in total. The molecule has 8 heteroatoms. The van der Waals surface area contributed by atoms with Gasteiger partial charge in [0.25, 0.3) is 5.91 Å². The third-order valence-electron chi connectivity index (χ3n) is 3.73. The smallest absolute Gasteiger partial charge is 0.267 e. The van der Waals surface area contributed by atoms with Gasteiger partial charge in [-0.2, -0.15) is 5.26 Å². The molecule has 1 saturated heterocycles. The fraction of sp³-hybridized carbons (Fsp3) is 0.375. The van der Waals surface area contributed by atoms with Crippen molar-refractivity contribution in [1.82, 2.24) is 9.80 Å². The van der Waals surface area contributed by atoms with E-state index in [4.69, 9.17) is 28.9 Å². The predicted octanol–water partition coefficient (Wildman–Crippen LogP) is 1.92. The lowest BCUT2D eigenvalue weighted by atomic mass is 10.2. The average Bonchev–Trinajstić information content (AvgIpc) is 2.58. The number of nitrogens with zero attached hydrogens (tertiary/aromatic N) is 3. The average molecular weight is 368 g/mol. The van der Waals surface area contributed by atoms with E-state index in [1.807, 2.05) is 11.0 Å². The molecule has 0 unspecified atom stereocenters. The number of benzene rings is 1. The van der Waals surface area contributed by atoms with E-state index in [0.29, 0.717) is 17.3 Å². The highest BCUT2D eigenvalue weighted by molar-refractivity contribution is 6.44. The number of amides is 1. The van der Waals surface area contributed by atoms with Crippen molar-refractivity contribution in [2.45, 2.75) is 0 Å². The lowest BCUT2D eigenvalue weighted by Crippen LogP contribution is -2.45. The highest BCUT2D eigenvalue weighted by Crippen LogP contribution is 2.29. The first-order valence-corrected chi connectivity index (χ1v) is 8.34. The Hall–Kier alpha value is -1.78. The molecule has 1 aliphatic heterocycles. The molecule has 1 aliphatic rings. The second-order valence-electron chi connectivity index (χ2n) is 5.38. The number of piperazine rings is 1. The van der Waals surface area contributed by atoms with Crippen LogP contribution in [-0.2, 0) is 4.79 Å². The van der Waals surface area contributed by atoms with Crippen molar-refractivity contribution >= 4 is 34.8 Å². The zero-order valence-electron chi connectivity index (χ0n) is 13.1. The number of halogens is 2. The van der Waals surface area contributed by atoms with E-state index in [1.54, 1.807) is 24.4 Å². The van der Waals surface area contributed by atoms with E-state index < -0.39 is 5.91 Å². The Kier molecular flexibility index (Phi) is 6.88. The first kappa shape index (κ1) is 18.6. The van der Waals surface area contributed by atoms with Gasteiger partial charge in [-0.05, 0) is 12.1 Å². The Bertz CT molecular complexity index is 663. The molecule has 3 N–H and O–H groups in total. The molecule has 1 aromatic carbocycles. The van der Waals surface area contributed by atoms with Crippen LogP contribution in [0.5, 0.6) is 0 Å². The molecule has 0 radical (unpaired) electrons. The van der Waals surface area contributed by atoms with Crippen LogP contribution in [0.4, 0.5) is 5.69 Å². The van der Waals surface area contributed by atoms with Crippen molar-refractivity contribution in [3.05, 3.63) is 40.0 Å². The van der Waals surface area contributed by atoms with Crippen LogP contribution in [-0.4, -0.2) is 55.0 Å². The zero-order chi connectivity index (χ0) is 17.5. The summed E-state index contributed by atoms with van der Waals surface area (Å²) in [6, 6.07) is 6.87. The largest absolute Gasteiger partial charge is 0.374 e. The Balaban J connectivity index is 2.02. The number of nitriles is 1. The molecule has 1 aromatic rings. The van der Waals surface area contributed by atoms with E-state index >= 15 is 0 Å². The Labute approximate surface area is 151 Å². The molecule has 0 spiro atoms. The van der Waals surface area contributed by atoms with Gasteiger partial charge in [0, 0.05) is 45.5 Å². The molecule has 0 aromatic heterocycles. The molecular weight excluding hydrogens is 349 g/mol. The van der Waals surface area contributed by atoms with E-state index in [9.17, 15) is 10.1 Å². The van der Waals surface area contributed by atoms with Crippen molar-refractivity contribution in [2.75, 3.05) is 44.6 Å². The monoisotopic (exact) mass is 367 g/mol. The second-order valence-corrected chi connectivity index (χ2v) is 6.16. The van der Waals surface area contributed by atoms with Crippen LogP contribution in [0.1, 0.15) is 0 Å². The van der Waals surface area contributed by atoms with Gasteiger partial charge >= 0.3 is 0 Å². The van der Waals surface area contributed by atoms with Gasteiger partial charge in [-0.1, -0.05) is 29.3 Å². The third-order valence-corrected chi connectivity index (χ3v) is 4.55. The molecule has 0 bridgehead atoms. The molecule has 1 fully saturated rings. The van der Waals surface area contributed by atoms with Gasteiger partial charge < -0.3 is 16.0 Å². The van der Waals surface area contributed by atoms with Gasteiger partial charge in [-0.15, -0.1) is 0 Å². The maximum Gasteiger partial charge on any atom is 0.267 e. The number of hydrogen-bond acceptors (Lipinski definition) is 5. The maximum absolute atomic E-state index is 12.3. The van der Waals surface area contributed by atoms with Crippen molar-refractivity contribution in [2.24, 2.45) is 5.73 Å². The summed E-state index contributed by atoms with van der Waals surface area (Å²) in [4.78, 5) is 16.5. The van der Waals surface area contributed by atoms with Crippen molar-refractivity contribution in [1.29, 1.82) is 5.26 Å². The summed E-state index contributed by atoms with van der Waals surface area (Å²) in [5.41, 5.74) is 5.95. The number of rotatable bonds is 5. The molecule has 1 heterocycles. The predicted molar refractivity (Wildman–Crippen MR) is 95.9 cm³/mol. The molecule has 2 rings (SSSR count). The molecular formula is C16H19Cl2N5O. The summed E-state index contributed by atoms with van der Waals surface area (Å²) in [6.07, 6.45) is 1.59. The molecule has 1 amide bonds. The van der Waals surface area contributed by atoms with Crippen LogP contribution in [0, 0.1) is 11.3 Å². The van der Waals surface area contributed by atoms with E-state index in [1.165, 1.54) is 0 Å². The fourth-order valence-corrected chi connectivity index (χ4v) is 2.76. The fourth-order valence-electron chi connectivity index (χ4n) is 2.41. The number of carbonyl (C=O) groups is 1. The maximum atomic E-state index is 12.3.